The van der Waals surface area contributed by atoms with Gasteiger partial charge in [-0.15, -0.1) is 0 Å². The van der Waals surface area contributed by atoms with E-state index in [9.17, 15) is 0 Å². The summed E-state index contributed by atoms with van der Waals surface area (Å²) in [5, 5.41) is 0. The van der Waals surface area contributed by atoms with Crippen molar-refractivity contribution < 1.29 is 4.74 Å². The van der Waals surface area contributed by atoms with Crippen molar-refractivity contribution >= 4 is 11.5 Å². The molecule has 1 aliphatic rings. The fourth-order valence-electron chi connectivity index (χ4n) is 2.27. The van der Waals surface area contributed by atoms with Gasteiger partial charge in [-0.05, 0) is 31.9 Å². The maximum Gasteiger partial charge on any atom is 0.152 e. The molecule has 4 nitrogen and oxygen atoms in total. The molecule has 0 spiro atoms. The number of hydrogen-bond acceptors (Lipinski definition) is 4. The lowest BCUT2D eigenvalue weighted by Gasteiger charge is -2.39. The van der Waals surface area contributed by atoms with Gasteiger partial charge in [-0.25, -0.2) is 4.98 Å². The first-order valence-corrected chi connectivity index (χ1v) is 6.22. The molecule has 4 heteroatoms. The summed E-state index contributed by atoms with van der Waals surface area (Å²) >= 11 is 0. The van der Waals surface area contributed by atoms with Crippen LogP contribution in [0, 0.1) is 6.92 Å². The average molecular weight is 235 g/mol. The first kappa shape index (κ1) is 12.2. The number of morpholine rings is 1. The largest absolute Gasteiger partial charge is 0.396 e. The Morgan fingerprint density at radius 1 is 1.59 bits per heavy atom. The Morgan fingerprint density at radius 2 is 2.35 bits per heavy atom. The lowest BCUT2D eigenvalue weighted by Crippen LogP contribution is -2.49. The van der Waals surface area contributed by atoms with Crippen molar-refractivity contribution in [3.8, 4) is 0 Å². The summed E-state index contributed by atoms with van der Waals surface area (Å²) in [6.07, 6.45) is 3.15. The topological polar surface area (TPSA) is 51.4 Å². The van der Waals surface area contributed by atoms with E-state index in [2.05, 4.69) is 23.7 Å². The van der Waals surface area contributed by atoms with E-state index in [0.29, 0.717) is 6.04 Å². The molecular formula is C13H21N3O. The minimum Gasteiger partial charge on any atom is -0.396 e. The second-order valence-corrected chi connectivity index (χ2v) is 4.78. The Morgan fingerprint density at radius 3 is 3.00 bits per heavy atom. The van der Waals surface area contributed by atoms with Crippen molar-refractivity contribution in [2.24, 2.45) is 0 Å². The standard InChI is InChI=1S/C13H21N3O/c1-4-11-8-17-10(3)7-16(11)13-12(14)5-9(2)6-15-13/h5-6,10-11H,4,7-8,14H2,1-3H3. The van der Waals surface area contributed by atoms with Gasteiger partial charge in [0.1, 0.15) is 0 Å². The number of ether oxygens (including phenoxy) is 1. The highest BCUT2D eigenvalue weighted by atomic mass is 16.5. The highest BCUT2D eigenvalue weighted by Crippen LogP contribution is 2.27. The van der Waals surface area contributed by atoms with Crippen molar-refractivity contribution in [2.45, 2.75) is 39.3 Å². The summed E-state index contributed by atoms with van der Waals surface area (Å²) in [5.74, 6) is 0.901. The van der Waals surface area contributed by atoms with Crippen molar-refractivity contribution in [3.05, 3.63) is 17.8 Å². The van der Waals surface area contributed by atoms with Crippen LogP contribution >= 0.6 is 0 Å². The number of nitrogens with zero attached hydrogens (tertiary/aromatic N) is 2. The van der Waals surface area contributed by atoms with Crippen LogP contribution in [0.2, 0.25) is 0 Å². The normalized spacial score (nSPS) is 25.0. The molecule has 17 heavy (non-hydrogen) atoms. The van der Waals surface area contributed by atoms with Crippen LogP contribution in [0.15, 0.2) is 12.3 Å². The SMILES string of the molecule is CCC1COC(C)CN1c1ncc(C)cc1N. The van der Waals surface area contributed by atoms with E-state index in [-0.39, 0.29) is 6.10 Å². The highest BCUT2D eigenvalue weighted by molar-refractivity contribution is 5.64. The van der Waals surface area contributed by atoms with Gasteiger partial charge >= 0.3 is 0 Å². The van der Waals surface area contributed by atoms with Crippen LogP contribution in [0.3, 0.4) is 0 Å². The van der Waals surface area contributed by atoms with E-state index in [1.54, 1.807) is 0 Å². The van der Waals surface area contributed by atoms with Crippen LogP contribution < -0.4 is 10.6 Å². The zero-order valence-electron chi connectivity index (χ0n) is 10.8. The van der Waals surface area contributed by atoms with Crippen molar-refractivity contribution in [2.75, 3.05) is 23.8 Å². The van der Waals surface area contributed by atoms with Crippen LogP contribution in [0.25, 0.3) is 0 Å². The fourth-order valence-corrected chi connectivity index (χ4v) is 2.27. The number of anilines is 2. The van der Waals surface area contributed by atoms with Gasteiger partial charge < -0.3 is 15.4 Å². The minimum absolute atomic E-state index is 0.236. The van der Waals surface area contributed by atoms with Crippen LogP contribution in [-0.2, 0) is 4.74 Å². The molecule has 2 rings (SSSR count). The van der Waals surface area contributed by atoms with E-state index in [4.69, 9.17) is 10.5 Å². The molecule has 2 unspecified atom stereocenters. The number of pyridine rings is 1. The second-order valence-electron chi connectivity index (χ2n) is 4.78. The average Bonchev–Trinajstić information content (AvgIpc) is 2.29. The molecule has 1 aromatic rings. The third kappa shape index (κ3) is 2.52. The van der Waals surface area contributed by atoms with Gasteiger partial charge in [-0.2, -0.15) is 0 Å². The molecule has 0 bridgehead atoms. The molecule has 0 radical (unpaired) electrons. The summed E-state index contributed by atoms with van der Waals surface area (Å²) in [7, 11) is 0. The molecule has 94 valence electrons. The van der Waals surface area contributed by atoms with Gasteiger partial charge in [0.15, 0.2) is 5.82 Å². The Kier molecular flexibility index (Phi) is 3.52. The van der Waals surface area contributed by atoms with Gasteiger partial charge in [0.25, 0.3) is 0 Å². The molecule has 0 saturated carbocycles. The van der Waals surface area contributed by atoms with Crippen LogP contribution in [0.1, 0.15) is 25.8 Å². The lowest BCUT2D eigenvalue weighted by atomic mass is 10.1. The molecule has 1 saturated heterocycles. The van der Waals surface area contributed by atoms with Gasteiger partial charge in [-0.1, -0.05) is 6.92 Å². The predicted molar refractivity (Wildman–Crippen MR) is 70.2 cm³/mol. The summed E-state index contributed by atoms with van der Waals surface area (Å²) < 4.78 is 5.69. The van der Waals surface area contributed by atoms with E-state index < -0.39 is 0 Å². The third-order valence-corrected chi connectivity index (χ3v) is 3.24. The maximum absolute atomic E-state index is 6.07. The van der Waals surface area contributed by atoms with E-state index in [1.165, 1.54) is 0 Å². The van der Waals surface area contributed by atoms with Crippen LogP contribution in [0.4, 0.5) is 11.5 Å². The molecule has 1 aliphatic heterocycles. The Bertz CT molecular complexity index is 394. The van der Waals surface area contributed by atoms with Gasteiger partial charge in [0, 0.05) is 12.7 Å². The number of hydrogen-bond donors (Lipinski definition) is 1. The number of aryl methyl sites for hydroxylation is 1. The first-order valence-electron chi connectivity index (χ1n) is 6.22. The van der Waals surface area contributed by atoms with Crippen LogP contribution in [-0.4, -0.2) is 30.3 Å². The first-order chi connectivity index (χ1) is 8.11. The smallest absolute Gasteiger partial charge is 0.152 e. The Labute approximate surface area is 103 Å². The van der Waals surface area contributed by atoms with E-state index in [1.807, 2.05) is 19.2 Å². The Balaban J connectivity index is 2.28. The summed E-state index contributed by atoms with van der Waals surface area (Å²) in [4.78, 5) is 6.76. The van der Waals surface area contributed by atoms with Gasteiger partial charge in [0.05, 0.1) is 24.4 Å². The molecular weight excluding hydrogens is 214 g/mol. The molecule has 2 N–H and O–H groups in total. The van der Waals surface area contributed by atoms with Gasteiger partial charge in [0.2, 0.25) is 0 Å². The molecule has 2 heterocycles. The van der Waals surface area contributed by atoms with Crippen molar-refractivity contribution in [1.82, 2.24) is 4.98 Å². The van der Waals surface area contributed by atoms with E-state index >= 15 is 0 Å². The minimum atomic E-state index is 0.236. The summed E-state index contributed by atoms with van der Waals surface area (Å²) in [6.45, 7) is 7.88. The van der Waals surface area contributed by atoms with Crippen molar-refractivity contribution in [3.63, 3.8) is 0 Å². The van der Waals surface area contributed by atoms with Gasteiger partial charge in [-0.3, -0.25) is 0 Å². The fraction of sp³-hybridized carbons (Fsp3) is 0.615. The lowest BCUT2D eigenvalue weighted by molar-refractivity contribution is 0.0297. The Hall–Kier alpha value is -1.29. The predicted octanol–water partition coefficient (Wildman–Crippen LogP) is 1.98. The third-order valence-electron chi connectivity index (χ3n) is 3.24. The number of nitrogen functional groups attached to an aromatic ring is 1. The second kappa shape index (κ2) is 4.92. The number of rotatable bonds is 2. The molecule has 1 aromatic heterocycles. The molecule has 1 fully saturated rings. The zero-order valence-corrected chi connectivity index (χ0v) is 10.8. The molecule has 0 aliphatic carbocycles. The van der Waals surface area contributed by atoms with Crippen LogP contribution in [0.5, 0.6) is 0 Å². The number of aromatic nitrogens is 1. The molecule has 2 atom stereocenters. The molecule has 0 amide bonds. The van der Waals surface area contributed by atoms with Crippen molar-refractivity contribution in [1.29, 1.82) is 0 Å². The molecule has 0 aromatic carbocycles. The monoisotopic (exact) mass is 235 g/mol. The zero-order chi connectivity index (χ0) is 12.4. The number of nitrogens with two attached hydrogens (primary N) is 1. The summed E-state index contributed by atoms with van der Waals surface area (Å²) in [5.41, 5.74) is 7.93. The summed E-state index contributed by atoms with van der Waals surface area (Å²) in [6, 6.07) is 2.36. The van der Waals surface area contributed by atoms with E-state index in [0.717, 1.165) is 36.6 Å². The quantitative estimate of drug-likeness (QED) is 0.851. The highest BCUT2D eigenvalue weighted by Gasteiger charge is 2.27. The maximum atomic E-state index is 6.07.